The van der Waals surface area contributed by atoms with Crippen LogP contribution in [0.5, 0.6) is 0 Å². The van der Waals surface area contributed by atoms with Crippen molar-refractivity contribution in [3.63, 3.8) is 0 Å². The van der Waals surface area contributed by atoms with Crippen LogP contribution in [-0.4, -0.2) is 30.3 Å². The fourth-order valence-electron chi connectivity index (χ4n) is 0.438. The van der Waals surface area contributed by atoms with Crippen molar-refractivity contribution in [3.8, 4) is 0 Å². The first kappa shape index (κ1) is 10.7. The summed E-state index contributed by atoms with van der Waals surface area (Å²) in [4.78, 5) is 24.8. The third kappa shape index (κ3) is 6.81. The number of aliphatic carboxylic acids is 1. The molecule has 70 valence electrons. The fourth-order valence-corrected chi connectivity index (χ4v) is 0.438. The summed E-state index contributed by atoms with van der Waals surface area (Å²) in [5, 5.41) is 10.5. The highest BCUT2D eigenvalue weighted by Crippen LogP contribution is 1.72. The lowest BCUT2D eigenvalue weighted by molar-refractivity contribution is -0.144. The van der Waals surface area contributed by atoms with Crippen molar-refractivity contribution in [3.05, 3.63) is 0 Å². The molecule has 0 spiro atoms. The number of amides is 2. The van der Waals surface area contributed by atoms with Crippen molar-refractivity contribution < 1.29 is 19.5 Å². The zero-order chi connectivity index (χ0) is 9.40. The van der Waals surface area contributed by atoms with E-state index in [9.17, 15) is 9.59 Å². The van der Waals surface area contributed by atoms with Gasteiger partial charge in [0.15, 0.2) is 6.61 Å². The number of nitrogens with one attached hydrogen (secondary N) is 2. The van der Waals surface area contributed by atoms with Gasteiger partial charge < -0.3 is 10.4 Å². The molecule has 0 unspecified atom stereocenters. The zero-order valence-electron chi connectivity index (χ0n) is 6.79. The predicted molar refractivity (Wildman–Crippen MR) is 40.4 cm³/mol. The van der Waals surface area contributed by atoms with E-state index in [0.717, 1.165) is 6.42 Å². The smallest absolute Gasteiger partial charge is 0.338 e. The molecule has 0 atom stereocenters. The summed E-state index contributed by atoms with van der Waals surface area (Å²) in [7, 11) is 0. The highest BCUT2D eigenvalue weighted by atomic mass is 16.7. The molecule has 0 fully saturated rings. The lowest BCUT2D eigenvalue weighted by Crippen LogP contribution is -2.36. The summed E-state index contributed by atoms with van der Waals surface area (Å²) >= 11 is 0. The normalized spacial score (nSPS) is 9.08. The van der Waals surface area contributed by atoms with Crippen molar-refractivity contribution in [2.24, 2.45) is 0 Å². The van der Waals surface area contributed by atoms with Gasteiger partial charge in [-0.2, -0.15) is 0 Å². The first-order chi connectivity index (χ1) is 5.66. The van der Waals surface area contributed by atoms with Gasteiger partial charge in [0.2, 0.25) is 0 Å². The molecular weight excluding hydrogens is 164 g/mol. The molecule has 0 radical (unpaired) electrons. The van der Waals surface area contributed by atoms with Gasteiger partial charge in [0.05, 0.1) is 0 Å². The van der Waals surface area contributed by atoms with Crippen LogP contribution in [0.1, 0.15) is 13.3 Å². The number of carboxylic acid groups (broad SMARTS) is 1. The Hall–Kier alpha value is -1.30. The van der Waals surface area contributed by atoms with Crippen LogP contribution < -0.4 is 10.8 Å². The molecule has 6 nitrogen and oxygen atoms in total. The minimum atomic E-state index is -1.13. The van der Waals surface area contributed by atoms with Gasteiger partial charge >= 0.3 is 12.0 Å². The highest BCUT2D eigenvalue weighted by molar-refractivity contribution is 5.73. The van der Waals surface area contributed by atoms with Crippen molar-refractivity contribution in [2.45, 2.75) is 13.3 Å². The summed E-state index contributed by atoms with van der Waals surface area (Å²) in [6.45, 7) is 1.89. The zero-order valence-corrected chi connectivity index (χ0v) is 6.79. The van der Waals surface area contributed by atoms with Crippen LogP contribution in [0.4, 0.5) is 4.79 Å². The van der Waals surface area contributed by atoms with E-state index >= 15 is 0 Å². The maximum absolute atomic E-state index is 10.6. The number of urea groups is 1. The van der Waals surface area contributed by atoms with E-state index in [4.69, 9.17) is 5.11 Å². The summed E-state index contributed by atoms with van der Waals surface area (Å²) in [6.07, 6.45) is 0.812. The molecule has 0 heterocycles. The van der Waals surface area contributed by atoms with Gasteiger partial charge in [-0.3, -0.25) is 4.84 Å². The van der Waals surface area contributed by atoms with Crippen LogP contribution in [0.3, 0.4) is 0 Å². The molecule has 0 aliphatic carbocycles. The molecule has 0 aromatic carbocycles. The molecule has 0 saturated heterocycles. The monoisotopic (exact) mass is 176 g/mol. The first-order valence-electron chi connectivity index (χ1n) is 3.54. The van der Waals surface area contributed by atoms with Gasteiger partial charge in [-0.1, -0.05) is 6.92 Å². The van der Waals surface area contributed by atoms with Crippen LogP contribution in [0.2, 0.25) is 0 Å². The number of hydroxylamine groups is 1. The topological polar surface area (TPSA) is 87.7 Å². The van der Waals surface area contributed by atoms with Crippen LogP contribution in [-0.2, 0) is 9.63 Å². The molecule has 0 aromatic rings. The molecular formula is C6H12N2O4. The van der Waals surface area contributed by atoms with E-state index in [1.165, 1.54) is 0 Å². The highest BCUT2D eigenvalue weighted by Gasteiger charge is 2.00. The first-order valence-corrected chi connectivity index (χ1v) is 3.54. The minimum absolute atomic E-state index is 0.530. The molecule has 0 bridgehead atoms. The van der Waals surface area contributed by atoms with Crippen LogP contribution in [0, 0.1) is 0 Å². The number of carboxylic acids is 1. The Kier molecular flexibility index (Phi) is 5.72. The Balaban J connectivity index is 3.25. The van der Waals surface area contributed by atoms with Crippen molar-refractivity contribution >= 4 is 12.0 Å². The van der Waals surface area contributed by atoms with Gasteiger partial charge in [-0.15, -0.1) is 0 Å². The van der Waals surface area contributed by atoms with E-state index in [1.807, 2.05) is 12.4 Å². The lowest BCUT2D eigenvalue weighted by atomic mass is 10.5. The molecule has 0 aliphatic heterocycles. The molecule has 6 heteroatoms. The molecule has 0 aliphatic rings. The van der Waals surface area contributed by atoms with Gasteiger partial charge in [0, 0.05) is 6.54 Å². The number of carbonyl (C=O) groups excluding carboxylic acids is 1. The minimum Gasteiger partial charge on any atom is -0.479 e. The molecule has 0 saturated carbocycles. The Morgan fingerprint density at radius 2 is 2.17 bits per heavy atom. The van der Waals surface area contributed by atoms with E-state index in [0.29, 0.717) is 6.54 Å². The average molecular weight is 176 g/mol. The Labute approximate surface area is 69.8 Å². The van der Waals surface area contributed by atoms with Gasteiger partial charge in [-0.25, -0.2) is 15.1 Å². The second-order valence-electron chi connectivity index (χ2n) is 2.04. The predicted octanol–water partition coefficient (Wildman–Crippen LogP) is -0.288. The molecule has 3 N–H and O–H groups in total. The summed E-state index contributed by atoms with van der Waals surface area (Å²) < 4.78 is 0. The van der Waals surface area contributed by atoms with E-state index in [1.54, 1.807) is 0 Å². The summed E-state index contributed by atoms with van der Waals surface area (Å²) in [5.74, 6) is -1.13. The summed E-state index contributed by atoms with van der Waals surface area (Å²) in [5.41, 5.74) is 1.92. The second kappa shape index (κ2) is 6.41. The number of rotatable bonds is 5. The fraction of sp³-hybridized carbons (Fsp3) is 0.667. The quantitative estimate of drug-likeness (QED) is 0.502. The van der Waals surface area contributed by atoms with Crippen molar-refractivity contribution in [1.29, 1.82) is 0 Å². The van der Waals surface area contributed by atoms with Gasteiger partial charge in [0.1, 0.15) is 0 Å². The molecule has 0 rings (SSSR count). The van der Waals surface area contributed by atoms with Gasteiger partial charge in [0.25, 0.3) is 0 Å². The average Bonchev–Trinajstić information content (AvgIpc) is 2.00. The number of hydrogen-bond donors (Lipinski definition) is 3. The van der Waals surface area contributed by atoms with Crippen molar-refractivity contribution in [1.82, 2.24) is 10.8 Å². The third-order valence-corrected chi connectivity index (χ3v) is 0.896. The van der Waals surface area contributed by atoms with E-state index < -0.39 is 18.6 Å². The van der Waals surface area contributed by atoms with Crippen LogP contribution in [0.15, 0.2) is 0 Å². The van der Waals surface area contributed by atoms with E-state index in [-0.39, 0.29) is 0 Å². The Bertz CT molecular complexity index is 160. The molecule has 2 amide bonds. The van der Waals surface area contributed by atoms with Gasteiger partial charge in [-0.05, 0) is 6.42 Å². The van der Waals surface area contributed by atoms with Crippen molar-refractivity contribution in [2.75, 3.05) is 13.2 Å². The Morgan fingerprint density at radius 1 is 1.50 bits per heavy atom. The largest absolute Gasteiger partial charge is 0.479 e. The third-order valence-electron chi connectivity index (χ3n) is 0.896. The number of carbonyl (C=O) groups is 2. The maximum atomic E-state index is 10.6. The molecule has 0 aromatic heterocycles. The van der Waals surface area contributed by atoms with E-state index in [2.05, 4.69) is 10.2 Å². The SMILES string of the molecule is CCCNC(=O)NOCC(=O)O. The molecule has 12 heavy (non-hydrogen) atoms. The maximum Gasteiger partial charge on any atom is 0.338 e. The van der Waals surface area contributed by atoms with Crippen LogP contribution >= 0.6 is 0 Å². The second-order valence-corrected chi connectivity index (χ2v) is 2.04. The number of hydrogen-bond acceptors (Lipinski definition) is 3. The standard InChI is InChI=1S/C6H12N2O4/c1-2-3-7-6(11)8-12-4-5(9)10/h2-4H2,1H3,(H,9,10)(H2,7,8,11). The lowest BCUT2D eigenvalue weighted by Gasteiger charge is -2.04. The summed E-state index contributed by atoms with van der Waals surface area (Å²) in [6, 6.07) is -0.530. The van der Waals surface area contributed by atoms with Crippen LogP contribution in [0.25, 0.3) is 0 Å². The Morgan fingerprint density at radius 3 is 2.67 bits per heavy atom.